The zero-order valence-corrected chi connectivity index (χ0v) is 11.2. The topological polar surface area (TPSA) is 142 Å². The third-order valence-electron chi connectivity index (χ3n) is 3.03. The summed E-state index contributed by atoms with van der Waals surface area (Å²) in [5.74, 6) is 0. The van der Waals surface area contributed by atoms with Crippen LogP contribution in [0.25, 0.3) is 0 Å². The fourth-order valence-corrected chi connectivity index (χ4v) is 2.44. The van der Waals surface area contributed by atoms with E-state index in [-0.39, 0.29) is 4.90 Å². The van der Waals surface area contributed by atoms with Gasteiger partial charge in [0.25, 0.3) is 0 Å². The summed E-state index contributed by atoms with van der Waals surface area (Å²) in [4.78, 5) is -0.0378. The molecule has 1 saturated heterocycles. The number of anilines is 1. The number of nitrogens with one attached hydrogen (secondary N) is 1. The van der Waals surface area contributed by atoms with Gasteiger partial charge in [-0.25, -0.2) is 13.6 Å². The average molecular weight is 304 g/mol. The second-order valence-electron chi connectivity index (χ2n) is 4.47. The molecule has 9 heteroatoms. The van der Waals surface area contributed by atoms with E-state index in [1.165, 1.54) is 24.3 Å². The minimum Gasteiger partial charge on any atom is -0.394 e. The van der Waals surface area contributed by atoms with Crippen LogP contribution >= 0.6 is 0 Å². The maximum Gasteiger partial charge on any atom is 0.238 e. The molecule has 6 N–H and O–H groups in total. The number of rotatable bonds is 4. The summed E-state index contributed by atoms with van der Waals surface area (Å²) < 4.78 is 27.4. The first kappa shape index (κ1) is 15.2. The van der Waals surface area contributed by atoms with Crippen LogP contribution in [0.4, 0.5) is 5.69 Å². The van der Waals surface area contributed by atoms with Crippen molar-refractivity contribution in [2.75, 3.05) is 11.9 Å². The lowest BCUT2D eigenvalue weighted by Crippen LogP contribution is -2.36. The molecule has 1 aliphatic heterocycles. The highest BCUT2D eigenvalue weighted by molar-refractivity contribution is 7.89. The monoisotopic (exact) mass is 304 g/mol. The number of nitrogens with two attached hydrogens (primary N) is 1. The van der Waals surface area contributed by atoms with Crippen LogP contribution in [0.15, 0.2) is 29.2 Å². The van der Waals surface area contributed by atoms with E-state index in [1.807, 2.05) is 0 Å². The normalized spacial score (nSPS) is 30.4. The van der Waals surface area contributed by atoms with Gasteiger partial charge in [0, 0.05) is 5.69 Å². The van der Waals surface area contributed by atoms with Crippen LogP contribution in [-0.4, -0.2) is 54.9 Å². The lowest BCUT2D eigenvalue weighted by molar-refractivity contribution is -0.0153. The third kappa shape index (κ3) is 3.08. The quantitative estimate of drug-likeness (QED) is 0.441. The molecular weight excluding hydrogens is 288 g/mol. The van der Waals surface area contributed by atoms with E-state index in [0.717, 1.165) is 0 Å². The van der Waals surface area contributed by atoms with E-state index in [4.69, 9.17) is 15.0 Å². The van der Waals surface area contributed by atoms with Crippen molar-refractivity contribution in [3.05, 3.63) is 24.3 Å². The maximum absolute atomic E-state index is 11.1. The lowest BCUT2D eigenvalue weighted by atomic mass is 10.1. The zero-order chi connectivity index (χ0) is 14.9. The summed E-state index contributed by atoms with van der Waals surface area (Å²) in [6, 6.07) is 5.51. The molecule has 112 valence electrons. The first-order chi connectivity index (χ1) is 9.32. The Morgan fingerprint density at radius 2 is 1.80 bits per heavy atom. The van der Waals surface area contributed by atoms with E-state index in [1.54, 1.807) is 0 Å². The predicted octanol–water partition coefficient (Wildman–Crippen LogP) is -1.82. The van der Waals surface area contributed by atoms with Crippen molar-refractivity contribution in [2.24, 2.45) is 5.14 Å². The highest BCUT2D eigenvalue weighted by atomic mass is 32.2. The standard InChI is InChI=1S/C11H16N2O6S/c12-20(17,18)7-3-1-6(2-4-7)13-11-10(16)9(15)8(5-14)19-11/h1-4,8-11,13-16H,5H2,(H2,12,17,18)/t8-,9-,10+,11-/m1/s1. The Morgan fingerprint density at radius 1 is 1.20 bits per heavy atom. The van der Waals surface area contributed by atoms with Crippen molar-refractivity contribution in [2.45, 2.75) is 29.4 Å². The van der Waals surface area contributed by atoms with Gasteiger partial charge < -0.3 is 25.4 Å². The van der Waals surface area contributed by atoms with Crippen LogP contribution < -0.4 is 10.5 Å². The van der Waals surface area contributed by atoms with Crippen LogP contribution in [-0.2, 0) is 14.8 Å². The van der Waals surface area contributed by atoms with Crippen molar-refractivity contribution in [1.82, 2.24) is 0 Å². The molecule has 1 aromatic carbocycles. The number of hydrogen-bond acceptors (Lipinski definition) is 7. The minimum absolute atomic E-state index is 0.0378. The van der Waals surface area contributed by atoms with Crippen molar-refractivity contribution in [3.63, 3.8) is 0 Å². The van der Waals surface area contributed by atoms with Crippen molar-refractivity contribution in [1.29, 1.82) is 0 Å². The highest BCUT2D eigenvalue weighted by Crippen LogP contribution is 2.23. The molecule has 1 heterocycles. The minimum atomic E-state index is -3.76. The van der Waals surface area contributed by atoms with Crippen LogP contribution in [0.5, 0.6) is 0 Å². The molecule has 0 radical (unpaired) electrons. The SMILES string of the molecule is NS(=O)(=O)c1ccc(N[C@@H]2O[C@H](CO)[C@@H](O)[C@@H]2O)cc1. The highest BCUT2D eigenvalue weighted by Gasteiger charge is 2.42. The number of sulfonamides is 1. The largest absolute Gasteiger partial charge is 0.394 e. The maximum atomic E-state index is 11.1. The number of ether oxygens (including phenoxy) is 1. The van der Waals surface area contributed by atoms with E-state index in [9.17, 15) is 18.6 Å². The van der Waals surface area contributed by atoms with E-state index in [0.29, 0.717) is 5.69 Å². The molecule has 0 bridgehead atoms. The molecule has 4 atom stereocenters. The zero-order valence-electron chi connectivity index (χ0n) is 10.4. The molecular formula is C11H16N2O6S. The Hall–Kier alpha value is -1.23. The molecule has 1 fully saturated rings. The Balaban J connectivity index is 2.08. The fourth-order valence-electron chi connectivity index (χ4n) is 1.92. The Bertz CT molecular complexity index is 561. The van der Waals surface area contributed by atoms with Gasteiger partial charge in [-0.2, -0.15) is 0 Å². The first-order valence-corrected chi connectivity index (χ1v) is 7.39. The molecule has 20 heavy (non-hydrogen) atoms. The molecule has 1 aliphatic rings. The Labute approximate surface area is 115 Å². The second-order valence-corrected chi connectivity index (χ2v) is 6.03. The number of aliphatic hydroxyl groups is 3. The number of aliphatic hydroxyl groups excluding tert-OH is 3. The average Bonchev–Trinajstić information content (AvgIpc) is 2.66. The number of benzene rings is 1. The fraction of sp³-hybridized carbons (Fsp3) is 0.455. The summed E-state index contributed by atoms with van der Waals surface area (Å²) in [6.07, 6.45) is -4.17. The summed E-state index contributed by atoms with van der Waals surface area (Å²) in [5.41, 5.74) is 0.479. The van der Waals surface area contributed by atoms with Crippen molar-refractivity contribution in [3.8, 4) is 0 Å². The van der Waals surface area contributed by atoms with Crippen LogP contribution in [0.2, 0.25) is 0 Å². The number of hydrogen-bond donors (Lipinski definition) is 5. The number of primary sulfonamides is 1. The van der Waals surface area contributed by atoms with Crippen LogP contribution in [0.3, 0.4) is 0 Å². The molecule has 0 unspecified atom stereocenters. The third-order valence-corrected chi connectivity index (χ3v) is 3.96. The van der Waals surface area contributed by atoms with Crippen molar-refractivity contribution < 1.29 is 28.5 Å². The molecule has 0 amide bonds. The summed E-state index contributed by atoms with van der Waals surface area (Å²) >= 11 is 0. The van der Waals surface area contributed by atoms with E-state index in [2.05, 4.69) is 5.32 Å². The Kier molecular flexibility index (Phi) is 4.28. The Morgan fingerprint density at radius 3 is 2.25 bits per heavy atom. The smallest absolute Gasteiger partial charge is 0.238 e. The van der Waals surface area contributed by atoms with Gasteiger partial charge in [-0.15, -0.1) is 0 Å². The summed E-state index contributed by atoms with van der Waals surface area (Å²) in [6.45, 7) is -0.416. The van der Waals surface area contributed by atoms with Crippen LogP contribution in [0, 0.1) is 0 Å². The van der Waals surface area contributed by atoms with Gasteiger partial charge >= 0.3 is 0 Å². The van der Waals surface area contributed by atoms with Gasteiger partial charge in [0.15, 0.2) is 6.23 Å². The van der Waals surface area contributed by atoms with Gasteiger partial charge in [-0.05, 0) is 24.3 Å². The molecule has 8 nitrogen and oxygen atoms in total. The van der Waals surface area contributed by atoms with Gasteiger partial charge in [-0.1, -0.05) is 0 Å². The lowest BCUT2D eigenvalue weighted by Gasteiger charge is -2.17. The van der Waals surface area contributed by atoms with Gasteiger partial charge in [0.05, 0.1) is 11.5 Å². The summed E-state index contributed by atoms with van der Waals surface area (Å²) in [7, 11) is -3.76. The van der Waals surface area contributed by atoms with Gasteiger partial charge in [0.1, 0.15) is 18.3 Å². The van der Waals surface area contributed by atoms with Gasteiger partial charge in [0.2, 0.25) is 10.0 Å². The van der Waals surface area contributed by atoms with Crippen molar-refractivity contribution >= 4 is 15.7 Å². The molecule has 0 saturated carbocycles. The van der Waals surface area contributed by atoms with E-state index < -0.39 is 41.2 Å². The molecule has 2 rings (SSSR count). The first-order valence-electron chi connectivity index (χ1n) is 5.85. The second kappa shape index (κ2) is 5.64. The molecule has 0 aromatic heterocycles. The van der Waals surface area contributed by atoms with Crippen LogP contribution in [0.1, 0.15) is 0 Å². The van der Waals surface area contributed by atoms with Gasteiger partial charge in [-0.3, -0.25) is 0 Å². The predicted molar refractivity (Wildman–Crippen MR) is 69.2 cm³/mol. The molecule has 0 aliphatic carbocycles. The summed E-state index contributed by atoms with van der Waals surface area (Å²) in [5, 5.41) is 36.0. The van der Waals surface area contributed by atoms with E-state index >= 15 is 0 Å². The molecule has 0 spiro atoms. The molecule has 1 aromatic rings.